The second kappa shape index (κ2) is 4.82. The van der Waals surface area contributed by atoms with Crippen molar-refractivity contribution in [2.45, 2.75) is 78.2 Å². The number of Topliss-reactive ketones (excluding diaryl/α,β-unsaturated/α-hetero) is 1. The van der Waals surface area contributed by atoms with Crippen molar-refractivity contribution in [3.8, 4) is 0 Å². The highest BCUT2D eigenvalue weighted by atomic mass is 16.3. The second-order valence-electron chi connectivity index (χ2n) is 9.46. The third-order valence-electron chi connectivity index (χ3n) is 8.91. The molecule has 22 heavy (non-hydrogen) atoms. The van der Waals surface area contributed by atoms with Gasteiger partial charge < -0.3 is 5.11 Å². The Morgan fingerprint density at radius 3 is 2.36 bits per heavy atom. The Labute approximate surface area is 135 Å². The molecule has 0 unspecified atom stereocenters. The van der Waals surface area contributed by atoms with Gasteiger partial charge in [-0.25, -0.2) is 0 Å². The molecule has 0 saturated heterocycles. The summed E-state index contributed by atoms with van der Waals surface area (Å²) < 4.78 is 0. The van der Waals surface area contributed by atoms with Crippen LogP contribution in [0.2, 0.25) is 0 Å². The van der Waals surface area contributed by atoms with Crippen LogP contribution in [0.3, 0.4) is 0 Å². The van der Waals surface area contributed by atoms with Gasteiger partial charge in [0.25, 0.3) is 0 Å². The number of ketones is 1. The van der Waals surface area contributed by atoms with Crippen LogP contribution < -0.4 is 0 Å². The Morgan fingerprint density at radius 1 is 0.909 bits per heavy atom. The van der Waals surface area contributed by atoms with Gasteiger partial charge in [-0.05, 0) is 79.4 Å². The normalized spacial score (nSPS) is 57.9. The molecule has 4 fully saturated rings. The molecule has 4 saturated carbocycles. The molecule has 0 heterocycles. The molecule has 4 aliphatic carbocycles. The van der Waals surface area contributed by atoms with E-state index in [1.54, 1.807) is 0 Å². The van der Waals surface area contributed by atoms with Crippen LogP contribution in [0.15, 0.2) is 0 Å². The maximum Gasteiger partial charge on any atom is 0.136 e. The summed E-state index contributed by atoms with van der Waals surface area (Å²) in [7, 11) is 0. The number of hydrogen-bond donors (Lipinski definition) is 1. The van der Waals surface area contributed by atoms with Gasteiger partial charge in [0.2, 0.25) is 0 Å². The lowest BCUT2D eigenvalue weighted by atomic mass is 9.44. The number of carbonyl (C=O) groups excluding carboxylic acids is 1. The first-order chi connectivity index (χ1) is 10.4. The van der Waals surface area contributed by atoms with Crippen molar-refractivity contribution in [3.05, 3.63) is 0 Å². The minimum atomic E-state index is -0.0733. The summed E-state index contributed by atoms with van der Waals surface area (Å²) in [6.45, 7) is 7.05. The molecule has 8 atom stereocenters. The lowest BCUT2D eigenvalue weighted by Gasteiger charge is -2.61. The van der Waals surface area contributed by atoms with E-state index in [0.29, 0.717) is 17.1 Å². The molecular formula is C20H32O2. The third-order valence-corrected chi connectivity index (χ3v) is 8.91. The van der Waals surface area contributed by atoms with E-state index in [1.807, 2.05) is 0 Å². The molecule has 124 valence electrons. The first-order valence-corrected chi connectivity index (χ1v) is 9.58. The van der Waals surface area contributed by atoms with Gasteiger partial charge in [0, 0.05) is 12.3 Å². The number of rotatable bonds is 0. The standard InChI is InChI=1S/C20H32O2/c1-12-14-5-4-13-15-6-7-18(22)20(15,3)10-8-16(13)19(14,2)11-9-17(12)21/h12-16,18,22H,4-11H2,1-3H3/t12-,13+,14-,15+,16+,18+,19+,20+/m1/s1. The zero-order chi connectivity index (χ0) is 15.7. The predicted octanol–water partition coefficient (Wildman–Crippen LogP) is 4.21. The Bertz CT molecular complexity index is 486. The summed E-state index contributed by atoms with van der Waals surface area (Å²) in [5.41, 5.74) is 0.561. The zero-order valence-corrected chi connectivity index (χ0v) is 14.5. The fourth-order valence-electron chi connectivity index (χ4n) is 7.49. The molecular weight excluding hydrogens is 272 g/mol. The number of carbonyl (C=O) groups is 1. The molecule has 2 heteroatoms. The van der Waals surface area contributed by atoms with E-state index in [1.165, 1.54) is 32.1 Å². The highest BCUT2D eigenvalue weighted by Crippen LogP contribution is 2.66. The molecule has 0 radical (unpaired) electrons. The average Bonchev–Trinajstić information content (AvgIpc) is 2.79. The number of hydrogen-bond acceptors (Lipinski definition) is 2. The van der Waals surface area contributed by atoms with Crippen LogP contribution in [0, 0.1) is 40.4 Å². The van der Waals surface area contributed by atoms with Crippen LogP contribution in [0.1, 0.15) is 72.1 Å². The highest BCUT2D eigenvalue weighted by Gasteiger charge is 2.60. The van der Waals surface area contributed by atoms with Crippen LogP contribution in [0.5, 0.6) is 0 Å². The van der Waals surface area contributed by atoms with Crippen molar-refractivity contribution in [1.29, 1.82) is 0 Å². The van der Waals surface area contributed by atoms with Gasteiger partial charge in [0.1, 0.15) is 5.78 Å². The fourth-order valence-corrected chi connectivity index (χ4v) is 7.49. The number of aliphatic hydroxyl groups excluding tert-OH is 1. The van der Waals surface area contributed by atoms with Crippen molar-refractivity contribution in [2.24, 2.45) is 40.4 Å². The summed E-state index contributed by atoms with van der Waals surface area (Å²) in [5.74, 6) is 3.74. The zero-order valence-electron chi connectivity index (χ0n) is 14.5. The smallest absolute Gasteiger partial charge is 0.136 e. The monoisotopic (exact) mass is 304 g/mol. The lowest BCUT2D eigenvalue weighted by molar-refractivity contribution is -0.152. The number of fused-ring (bicyclic) bond motifs is 5. The predicted molar refractivity (Wildman–Crippen MR) is 87.3 cm³/mol. The van der Waals surface area contributed by atoms with Gasteiger partial charge in [0.05, 0.1) is 6.10 Å². The van der Waals surface area contributed by atoms with Crippen molar-refractivity contribution >= 4 is 5.78 Å². The van der Waals surface area contributed by atoms with Crippen LogP contribution in [0.4, 0.5) is 0 Å². The molecule has 0 aliphatic heterocycles. The van der Waals surface area contributed by atoms with E-state index in [-0.39, 0.29) is 17.4 Å². The first kappa shape index (κ1) is 15.2. The van der Waals surface area contributed by atoms with E-state index in [4.69, 9.17) is 0 Å². The van der Waals surface area contributed by atoms with Crippen molar-refractivity contribution in [2.75, 3.05) is 0 Å². The van der Waals surface area contributed by atoms with E-state index in [0.717, 1.165) is 37.0 Å². The van der Waals surface area contributed by atoms with E-state index < -0.39 is 0 Å². The van der Waals surface area contributed by atoms with Gasteiger partial charge in [-0.2, -0.15) is 0 Å². The Hall–Kier alpha value is -0.370. The van der Waals surface area contributed by atoms with Gasteiger partial charge in [-0.15, -0.1) is 0 Å². The first-order valence-electron chi connectivity index (χ1n) is 9.58. The topological polar surface area (TPSA) is 37.3 Å². The Balaban J connectivity index is 1.65. The minimum absolute atomic E-state index is 0.0733. The van der Waals surface area contributed by atoms with E-state index in [9.17, 15) is 9.90 Å². The molecule has 0 spiro atoms. The molecule has 0 aromatic heterocycles. The van der Waals surface area contributed by atoms with Crippen molar-refractivity contribution < 1.29 is 9.90 Å². The van der Waals surface area contributed by atoms with E-state index >= 15 is 0 Å². The van der Waals surface area contributed by atoms with Crippen molar-refractivity contribution in [3.63, 3.8) is 0 Å². The summed E-state index contributed by atoms with van der Waals surface area (Å²) in [6.07, 6.45) is 9.12. The van der Waals surface area contributed by atoms with Crippen LogP contribution >= 0.6 is 0 Å². The van der Waals surface area contributed by atoms with Gasteiger partial charge in [0.15, 0.2) is 0 Å². The largest absolute Gasteiger partial charge is 0.393 e. The lowest BCUT2D eigenvalue weighted by Crippen LogP contribution is -2.55. The van der Waals surface area contributed by atoms with Crippen LogP contribution in [0.25, 0.3) is 0 Å². The quantitative estimate of drug-likeness (QED) is 0.728. The fraction of sp³-hybridized carbons (Fsp3) is 0.950. The third kappa shape index (κ3) is 1.79. The van der Waals surface area contributed by atoms with Gasteiger partial charge >= 0.3 is 0 Å². The van der Waals surface area contributed by atoms with E-state index in [2.05, 4.69) is 20.8 Å². The summed E-state index contributed by atoms with van der Waals surface area (Å²) in [6, 6.07) is 0. The average molecular weight is 304 g/mol. The van der Waals surface area contributed by atoms with Crippen LogP contribution in [-0.2, 0) is 4.79 Å². The van der Waals surface area contributed by atoms with Crippen molar-refractivity contribution in [1.82, 2.24) is 0 Å². The van der Waals surface area contributed by atoms with Crippen LogP contribution in [-0.4, -0.2) is 17.0 Å². The number of aliphatic hydroxyl groups is 1. The molecule has 0 aromatic rings. The Morgan fingerprint density at radius 2 is 1.59 bits per heavy atom. The highest BCUT2D eigenvalue weighted by molar-refractivity contribution is 5.82. The van der Waals surface area contributed by atoms with Gasteiger partial charge in [-0.3, -0.25) is 4.79 Å². The summed E-state index contributed by atoms with van der Waals surface area (Å²) in [4.78, 5) is 12.2. The summed E-state index contributed by atoms with van der Waals surface area (Å²) in [5, 5.41) is 10.5. The SMILES string of the molecule is C[C@H]1C(=O)CC[C@@]2(C)[C@@H]1CC[C@@H]1[C@@H]2CC[C@]2(C)[C@@H](O)CC[C@@H]12. The molecule has 4 aliphatic rings. The molecule has 1 N–H and O–H groups in total. The van der Waals surface area contributed by atoms with Gasteiger partial charge in [-0.1, -0.05) is 20.8 Å². The molecule has 0 aromatic carbocycles. The Kier molecular flexibility index (Phi) is 3.32. The maximum absolute atomic E-state index is 12.2. The second-order valence-corrected chi connectivity index (χ2v) is 9.46. The molecule has 0 bridgehead atoms. The molecule has 0 amide bonds. The molecule has 4 rings (SSSR count). The maximum atomic E-state index is 12.2. The minimum Gasteiger partial charge on any atom is -0.393 e. The molecule has 2 nitrogen and oxygen atoms in total. The summed E-state index contributed by atoms with van der Waals surface area (Å²) >= 11 is 0.